The normalized spacial score (nSPS) is 12.6. The third-order valence-corrected chi connectivity index (χ3v) is 1.75. The van der Waals surface area contributed by atoms with Crippen LogP contribution in [0, 0.1) is 11.8 Å². The van der Waals surface area contributed by atoms with Gasteiger partial charge in [0.15, 0.2) is 6.10 Å². The van der Waals surface area contributed by atoms with Gasteiger partial charge in [-0.25, -0.2) is 0 Å². The summed E-state index contributed by atoms with van der Waals surface area (Å²) in [7, 11) is 0. The van der Waals surface area contributed by atoms with Crippen LogP contribution in [0.15, 0.2) is 0 Å². The number of rotatable bonds is 5. The second-order valence-corrected chi connectivity index (χ2v) is 3.36. The fraction of sp³-hybridized carbons (Fsp3) is 0.727. The molecule has 0 bridgehead atoms. The van der Waals surface area contributed by atoms with Crippen molar-refractivity contribution in [1.29, 1.82) is 0 Å². The van der Waals surface area contributed by atoms with E-state index in [9.17, 15) is 18.0 Å². The molecule has 0 radical (unpaired) electrons. The van der Waals surface area contributed by atoms with Crippen molar-refractivity contribution in [2.24, 2.45) is 0 Å². The average molecular weight is 236 g/mol. The summed E-state index contributed by atoms with van der Waals surface area (Å²) in [5, 5.41) is 0. The molecule has 92 valence electrons. The van der Waals surface area contributed by atoms with Gasteiger partial charge in [-0.05, 0) is 18.8 Å². The Kier molecular flexibility index (Phi) is 6.63. The Bertz CT molecular complexity index is 273. The molecular formula is C11H15F3O2. The molecule has 0 fully saturated rings. The number of hydrogen-bond acceptors (Lipinski definition) is 2. The van der Waals surface area contributed by atoms with E-state index in [1.807, 2.05) is 12.8 Å². The lowest BCUT2D eigenvalue weighted by Gasteiger charge is -2.10. The zero-order valence-electron chi connectivity index (χ0n) is 9.36. The van der Waals surface area contributed by atoms with Gasteiger partial charge in [0.2, 0.25) is 0 Å². The van der Waals surface area contributed by atoms with Gasteiger partial charge in [-0.2, -0.15) is 13.2 Å². The average Bonchev–Trinajstić information content (AvgIpc) is 2.12. The highest BCUT2D eigenvalue weighted by Crippen LogP contribution is 2.13. The minimum absolute atomic E-state index is 0.344. The van der Waals surface area contributed by atoms with Crippen LogP contribution in [0.5, 0.6) is 0 Å². The molecule has 0 saturated heterocycles. The van der Waals surface area contributed by atoms with Crippen LogP contribution in [-0.2, 0) is 9.53 Å². The predicted octanol–water partition coefficient (Wildman–Crippen LogP) is 3.06. The minimum Gasteiger partial charge on any atom is -0.449 e. The van der Waals surface area contributed by atoms with Gasteiger partial charge in [-0.15, -0.1) is 0 Å². The Morgan fingerprint density at radius 3 is 2.44 bits per heavy atom. The molecule has 0 heterocycles. The standard InChI is InChI=1S/C11H15F3O2/c1-3-4-5-6-10(16-9(2)15)7-8-11(12,13)14/h10H,3-6H2,1-2H3/t10-/m0/s1. The van der Waals surface area contributed by atoms with Crippen molar-refractivity contribution in [3.8, 4) is 11.8 Å². The van der Waals surface area contributed by atoms with Gasteiger partial charge in [0.05, 0.1) is 0 Å². The van der Waals surface area contributed by atoms with Crippen molar-refractivity contribution < 1.29 is 22.7 Å². The first-order valence-electron chi connectivity index (χ1n) is 5.11. The molecule has 0 aromatic heterocycles. The Morgan fingerprint density at radius 1 is 1.38 bits per heavy atom. The molecular weight excluding hydrogens is 221 g/mol. The van der Waals surface area contributed by atoms with E-state index in [1.165, 1.54) is 0 Å². The van der Waals surface area contributed by atoms with Crippen LogP contribution in [0.3, 0.4) is 0 Å². The highest BCUT2D eigenvalue weighted by molar-refractivity contribution is 5.66. The van der Waals surface area contributed by atoms with Crippen LogP contribution >= 0.6 is 0 Å². The summed E-state index contributed by atoms with van der Waals surface area (Å²) in [6, 6.07) is 0. The Morgan fingerprint density at radius 2 is 2.00 bits per heavy atom. The van der Waals surface area contributed by atoms with E-state index in [-0.39, 0.29) is 0 Å². The first-order valence-corrected chi connectivity index (χ1v) is 5.11. The van der Waals surface area contributed by atoms with Crippen LogP contribution in [-0.4, -0.2) is 18.2 Å². The molecule has 0 aromatic rings. The number of carbonyl (C=O) groups is 1. The summed E-state index contributed by atoms with van der Waals surface area (Å²) in [5.74, 6) is 2.45. The summed E-state index contributed by atoms with van der Waals surface area (Å²) in [6.45, 7) is 3.13. The summed E-state index contributed by atoms with van der Waals surface area (Å²) < 4.78 is 40.2. The largest absolute Gasteiger partial charge is 0.457 e. The minimum atomic E-state index is -4.54. The van der Waals surface area contributed by atoms with Gasteiger partial charge >= 0.3 is 12.1 Å². The molecule has 0 aliphatic carbocycles. The van der Waals surface area contributed by atoms with Gasteiger partial charge in [-0.3, -0.25) is 4.79 Å². The Hall–Kier alpha value is -1.18. The van der Waals surface area contributed by atoms with E-state index in [2.05, 4.69) is 4.74 Å². The summed E-state index contributed by atoms with van der Waals surface area (Å²) in [4.78, 5) is 10.6. The van der Waals surface area contributed by atoms with Crippen LogP contribution in [0.4, 0.5) is 13.2 Å². The van der Waals surface area contributed by atoms with Crippen LogP contribution in [0.25, 0.3) is 0 Å². The van der Waals surface area contributed by atoms with E-state index >= 15 is 0 Å². The molecule has 16 heavy (non-hydrogen) atoms. The number of unbranched alkanes of at least 4 members (excludes halogenated alkanes) is 2. The monoisotopic (exact) mass is 236 g/mol. The van der Waals surface area contributed by atoms with E-state index in [4.69, 9.17) is 0 Å². The van der Waals surface area contributed by atoms with Crippen molar-refractivity contribution in [3.05, 3.63) is 0 Å². The van der Waals surface area contributed by atoms with Crippen molar-refractivity contribution in [2.75, 3.05) is 0 Å². The first-order chi connectivity index (χ1) is 7.35. The van der Waals surface area contributed by atoms with E-state index in [0.29, 0.717) is 12.8 Å². The maximum absolute atomic E-state index is 11.8. The van der Waals surface area contributed by atoms with Crippen molar-refractivity contribution in [2.45, 2.75) is 51.8 Å². The highest BCUT2D eigenvalue weighted by Gasteiger charge is 2.23. The molecule has 0 aromatic carbocycles. The van der Waals surface area contributed by atoms with Gasteiger partial charge in [-0.1, -0.05) is 19.8 Å². The van der Waals surface area contributed by atoms with Crippen molar-refractivity contribution in [1.82, 2.24) is 0 Å². The fourth-order valence-corrected chi connectivity index (χ4v) is 1.10. The lowest BCUT2D eigenvalue weighted by atomic mass is 10.1. The second kappa shape index (κ2) is 7.15. The molecule has 0 saturated carbocycles. The zero-order chi connectivity index (χ0) is 12.6. The topological polar surface area (TPSA) is 26.3 Å². The van der Waals surface area contributed by atoms with Gasteiger partial charge in [0.25, 0.3) is 0 Å². The maximum Gasteiger partial charge on any atom is 0.457 e. The van der Waals surface area contributed by atoms with Crippen molar-refractivity contribution >= 4 is 5.97 Å². The van der Waals surface area contributed by atoms with E-state index in [0.717, 1.165) is 25.7 Å². The smallest absolute Gasteiger partial charge is 0.449 e. The maximum atomic E-state index is 11.8. The molecule has 0 amide bonds. The van der Waals surface area contributed by atoms with Crippen LogP contribution in [0.2, 0.25) is 0 Å². The van der Waals surface area contributed by atoms with Crippen LogP contribution < -0.4 is 0 Å². The van der Waals surface area contributed by atoms with E-state index < -0.39 is 18.2 Å². The van der Waals surface area contributed by atoms with Gasteiger partial charge in [0, 0.05) is 12.8 Å². The third-order valence-electron chi connectivity index (χ3n) is 1.75. The van der Waals surface area contributed by atoms with E-state index in [1.54, 1.807) is 0 Å². The summed E-state index contributed by atoms with van der Waals surface area (Å²) in [6.07, 6.45) is -2.63. The number of alkyl halides is 3. The number of esters is 1. The fourth-order valence-electron chi connectivity index (χ4n) is 1.10. The molecule has 0 spiro atoms. The number of ether oxygens (including phenoxy) is 1. The summed E-state index contributed by atoms with van der Waals surface area (Å²) in [5.41, 5.74) is 0. The molecule has 0 aliphatic rings. The zero-order valence-corrected chi connectivity index (χ0v) is 9.36. The number of carbonyl (C=O) groups excluding carboxylic acids is 1. The molecule has 0 aliphatic heterocycles. The highest BCUT2D eigenvalue weighted by atomic mass is 19.4. The molecule has 1 atom stereocenters. The Labute approximate surface area is 93.2 Å². The molecule has 0 rings (SSSR count). The molecule has 5 heteroatoms. The molecule has 2 nitrogen and oxygen atoms in total. The second-order valence-electron chi connectivity index (χ2n) is 3.36. The van der Waals surface area contributed by atoms with Crippen molar-refractivity contribution in [3.63, 3.8) is 0 Å². The van der Waals surface area contributed by atoms with Gasteiger partial charge in [0.1, 0.15) is 0 Å². The third kappa shape index (κ3) is 9.38. The van der Waals surface area contributed by atoms with Gasteiger partial charge < -0.3 is 4.74 Å². The number of halogens is 3. The predicted molar refractivity (Wildman–Crippen MR) is 53.5 cm³/mol. The number of hydrogen-bond donors (Lipinski definition) is 0. The first kappa shape index (κ1) is 14.8. The molecule has 0 unspecified atom stereocenters. The Balaban J connectivity index is 4.29. The van der Waals surface area contributed by atoms with Crippen LogP contribution in [0.1, 0.15) is 39.5 Å². The lowest BCUT2D eigenvalue weighted by Crippen LogP contribution is -2.15. The SMILES string of the molecule is CCCCC[C@@H](C#CC(F)(F)F)OC(C)=O. The molecule has 0 N–H and O–H groups in total. The summed E-state index contributed by atoms with van der Waals surface area (Å²) >= 11 is 0. The quantitative estimate of drug-likeness (QED) is 0.416. The lowest BCUT2D eigenvalue weighted by molar-refractivity contribution is -0.144.